The SMILES string of the molecule is CC(=O)Oc1cc(O)c2c3c1C[C@@H]1[C@@H]4CC[C@@H](N(C)C(=O)C=Cc5ccccc5)[C@H](O2)[C@]34CCN1CC1CC1.O=C(O)C(O)C(O)C(=O)O. The van der Waals surface area contributed by atoms with E-state index in [1.807, 2.05) is 48.4 Å². The molecule has 1 spiro atoms. The Morgan fingerprint density at radius 2 is 1.73 bits per heavy atom. The summed E-state index contributed by atoms with van der Waals surface area (Å²) >= 11 is 0. The van der Waals surface area contributed by atoms with Crippen LogP contribution >= 0.6 is 0 Å². The number of rotatable bonds is 9. The van der Waals surface area contributed by atoms with Gasteiger partial charge in [-0.3, -0.25) is 14.5 Å². The zero-order valence-electron chi connectivity index (χ0n) is 27.4. The van der Waals surface area contributed by atoms with Crippen LogP contribution in [-0.2, 0) is 31.0 Å². The first kappa shape index (κ1) is 34.4. The molecule has 13 nitrogen and oxygen atoms in total. The van der Waals surface area contributed by atoms with Gasteiger partial charge in [-0.25, -0.2) is 9.59 Å². The van der Waals surface area contributed by atoms with Crippen LogP contribution in [0.4, 0.5) is 0 Å². The first-order valence-electron chi connectivity index (χ1n) is 16.6. The summed E-state index contributed by atoms with van der Waals surface area (Å²) < 4.78 is 12.4. The summed E-state index contributed by atoms with van der Waals surface area (Å²) in [6.07, 6.45) is 4.88. The number of aliphatic carboxylic acids is 2. The Kier molecular flexibility index (Phi) is 9.44. The van der Waals surface area contributed by atoms with Gasteiger partial charge in [-0.2, -0.15) is 0 Å². The van der Waals surface area contributed by atoms with Crippen molar-refractivity contribution in [1.82, 2.24) is 9.80 Å². The molecule has 49 heavy (non-hydrogen) atoms. The lowest BCUT2D eigenvalue weighted by atomic mass is 9.50. The number of esters is 1. The van der Waals surface area contributed by atoms with Gasteiger partial charge in [0.15, 0.2) is 23.7 Å². The van der Waals surface area contributed by atoms with Crippen molar-refractivity contribution in [3.8, 4) is 17.2 Å². The number of piperidine rings is 1. The molecule has 1 amide bonds. The van der Waals surface area contributed by atoms with Crippen LogP contribution in [0.1, 0.15) is 55.7 Å². The van der Waals surface area contributed by atoms with Gasteiger partial charge in [0.25, 0.3) is 0 Å². The highest BCUT2D eigenvalue weighted by molar-refractivity contribution is 5.92. The zero-order chi connectivity index (χ0) is 35.2. The van der Waals surface area contributed by atoms with Crippen LogP contribution in [0.5, 0.6) is 17.2 Å². The molecule has 2 aromatic carbocycles. The number of benzene rings is 2. The fourth-order valence-corrected chi connectivity index (χ4v) is 8.43. The van der Waals surface area contributed by atoms with Gasteiger partial charge in [-0.1, -0.05) is 30.3 Å². The number of aliphatic hydroxyl groups is 2. The Balaban J connectivity index is 0.000000365. The smallest absolute Gasteiger partial charge is 0.335 e. The molecule has 5 aliphatic rings. The number of ether oxygens (including phenoxy) is 2. The normalized spacial score (nSPS) is 27.5. The Morgan fingerprint density at radius 3 is 2.35 bits per heavy atom. The number of aromatic hydroxyl groups is 1. The van der Waals surface area contributed by atoms with E-state index in [1.54, 1.807) is 12.1 Å². The number of likely N-dealkylation sites (tertiary alicyclic amines) is 1. The quantitative estimate of drug-likeness (QED) is 0.148. The summed E-state index contributed by atoms with van der Waals surface area (Å²) in [5.74, 6) is -1.83. The van der Waals surface area contributed by atoms with Crippen LogP contribution in [0.3, 0.4) is 0 Å². The number of phenolic OH excluding ortho intramolecular Hbond substituents is 1. The van der Waals surface area contributed by atoms with Gasteiger partial charge >= 0.3 is 17.9 Å². The third kappa shape index (κ3) is 6.38. The van der Waals surface area contributed by atoms with Crippen LogP contribution in [0, 0.1) is 11.8 Å². The Labute approximate surface area is 283 Å². The number of phenols is 1. The topological polar surface area (TPSA) is 194 Å². The minimum atomic E-state index is -2.27. The average Bonchev–Trinajstić information content (AvgIpc) is 3.83. The molecule has 2 bridgehead atoms. The summed E-state index contributed by atoms with van der Waals surface area (Å²) in [5, 5.41) is 43.6. The largest absolute Gasteiger partial charge is 0.504 e. The number of carboxylic acid groups (broad SMARTS) is 2. The molecule has 1 saturated heterocycles. The second kappa shape index (κ2) is 13.4. The Hall–Kier alpha value is -4.46. The van der Waals surface area contributed by atoms with Gasteiger partial charge < -0.3 is 39.9 Å². The van der Waals surface area contributed by atoms with Gasteiger partial charge in [0, 0.05) is 55.2 Å². The number of likely N-dealkylation sites (N-methyl/N-ethyl adjacent to an activating group) is 1. The van der Waals surface area contributed by atoms with E-state index in [-0.39, 0.29) is 29.2 Å². The number of aliphatic hydroxyl groups excluding tert-OH is 2. The number of carboxylic acids is 2. The van der Waals surface area contributed by atoms with Crippen molar-refractivity contribution < 1.29 is 54.2 Å². The molecule has 2 heterocycles. The van der Waals surface area contributed by atoms with Crippen molar-refractivity contribution in [3.63, 3.8) is 0 Å². The molecule has 5 N–H and O–H groups in total. The molecule has 2 aliphatic heterocycles. The minimum Gasteiger partial charge on any atom is -0.504 e. The number of hydrogen-bond acceptors (Lipinski definition) is 10. The van der Waals surface area contributed by atoms with Crippen molar-refractivity contribution in [1.29, 1.82) is 0 Å². The maximum absolute atomic E-state index is 13.4. The summed E-state index contributed by atoms with van der Waals surface area (Å²) in [6, 6.07) is 11.6. The molecule has 7 atom stereocenters. The molecular formula is C36H42N2O11. The van der Waals surface area contributed by atoms with Gasteiger partial charge in [0.2, 0.25) is 5.91 Å². The van der Waals surface area contributed by atoms with E-state index < -0.39 is 30.1 Å². The van der Waals surface area contributed by atoms with Crippen molar-refractivity contribution in [2.24, 2.45) is 11.8 Å². The van der Waals surface area contributed by atoms with Gasteiger partial charge in [-0.15, -0.1) is 0 Å². The first-order chi connectivity index (χ1) is 23.3. The lowest BCUT2D eigenvalue weighted by Crippen LogP contribution is -2.69. The van der Waals surface area contributed by atoms with Gasteiger partial charge in [0.1, 0.15) is 11.9 Å². The predicted octanol–water partition coefficient (Wildman–Crippen LogP) is 2.18. The van der Waals surface area contributed by atoms with E-state index in [1.165, 1.54) is 19.8 Å². The third-order valence-electron chi connectivity index (χ3n) is 10.8. The average molecular weight is 679 g/mol. The summed E-state index contributed by atoms with van der Waals surface area (Å²) in [5.41, 5.74) is 2.70. The minimum absolute atomic E-state index is 0.0167. The second-order valence-corrected chi connectivity index (χ2v) is 13.7. The standard InChI is InChI=1S/C32H36N2O5.C4H6O6/c1-19(35)38-27-17-26(36)30-29-22(27)16-25-23-11-12-24(33(2)28(37)13-10-20-6-4-3-5-7-20)31(39-30)32(23,29)14-15-34(25)18-21-8-9-21;5-1(3(7)8)2(6)4(9)10/h3-7,10,13,17,21,23-25,31,36H,8-9,11-12,14-16,18H2,1-2H3;1-2,5-6H,(H,7,8)(H,9,10)/t23-,24+,25+,31-,32-;/m0./s1. The van der Waals surface area contributed by atoms with Crippen LogP contribution in [0.15, 0.2) is 42.5 Å². The summed E-state index contributed by atoms with van der Waals surface area (Å²) in [7, 11) is 1.87. The number of carbonyl (C=O) groups is 4. The molecule has 3 fully saturated rings. The molecule has 3 aliphatic carbocycles. The van der Waals surface area contributed by atoms with E-state index in [9.17, 15) is 24.3 Å². The molecule has 7 rings (SSSR count). The van der Waals surface area contributed by atoms with Crippen molar-refractivity contribution in [2.45, 2.75) is 81.3 Å². The first-order valence-corrected chi connectivity index (χ1v) is 16.6. The Morgan fingerprint density at radius 1 is 1.06 bits per heavy atom. The number of hydrogen-bond donors (Lipinski definition) is 5. The maximum Gasteiger partial charge on any atom is 0.335 e. The molecule has 2 aromatic rings. The molecular weight excluding hydrogens is 636 g/mol. The zero-order valence-corrected chi connectivity index (χ0v) is 27.4. The van der Waals surface area contributed by atoms with E-state index in [4.69, 9.17) is 29.9 Å². The fraction of sp³-hybridized carbons (Fsp3) is 0.500. The lowest BCUT2D eigenvalue weighted by molar-refractivity contribution is -0.165. The van der Waals surface area contributed by atoms with Crippen LogP contribution in [0.25, 0.3) is 6.08 Å². The molecule has 0 radical (unpaired) electrons. The maximum atomic E-state index is 13.4. The second-order valence-electron chi connectivity index (χ2n) is 13.7. The monoisotopic (exact) mass is 678 g/mol. The van der Waals surface area contributed by atoms with Crippen molar-refractivity contribution in [2.75, 3.05) is 20.1 Å². The molecule has 13 heteroatoms. The Bertz CT molecular complexity index is 1640. The van der Waals surface area contributed by atoms with E-state index in [0.717, 1.165) is 61.4 Å². The van der Waals surface area contributed by atoms with Crippen molar-refractivity contribution >= 4 is 29.9 Å². The highest BCUT2D eigenvalue weighted by atomic mass is 16.5. The van der Waals surface area contributed by atoms with Crippen LogP contribution in [0.2, 0.25) is 0 Å². The highest BCUT2D eigenvalue weighted by Gasteiger charge is 2.67. The molecule has 0 aromatic heterocycles. The number of amides is 1. The van der Waals surface area contributed by atoms with Gasteiger partial charge in [0.05, 0.1) is 6.04 Å². The van der Waals surface area contributed by atoms with Crippen molar-refractivity contribution in [3.05, 3.63) is 59.2 Å². The lowest BCUT2D eigenvalue weighted by Gasteiger charge is -2.60. The number of carbonyl (C=O) groups excluding carboxylic acids is 2. The molecule has 2 unspecified atom stereocenters. The predicted molar refractivity (Wildman–Crippen MR) is 174 cm³/mol. The van der Waals surface area contributed by atoms with Crippen LogP contribution in [-0.4, -0.2) is 110 Å². The summed E-state index contributed by atoms with van der Waals surface area (Å²) in [4.78, 5) is 49.5. The van der Waals surface area contributed by atoms with E-state index in [0.29, 0.717) is 23.5 Å². The molecule has 2 saturated carbocycles. The van der Waals surface area contributed by atoms with Crippen LogP contribution < -0.4 is 9.47 Å². The molecule has 262 valence electrons. The van der Waals surface area contributed by atoms with E-state index >= 15 is 0 Å². The highest BCUT2D eigenvalue weighted by Crippen LogP contribution is 2.65. The van der Waals surface area contributed by atoms with E-state index in [2.05, 4.69) is 4.90 Å². The summed E-state index contributed by atoms with van der Waals surface area (Å²) in [6.45, 7) is 3.51. The third-order valence-corrected chi connectivity index (χ3v) is 10.8. The fourth-order valence-electron chi connectivity index (χ4n) is 8.43. The number of nitrogens with zero attached hydrogens (tertiary/aromatic N) is 2. The van der Waals surface area contributed by atoms with Gasteiger partial charge in [-0.05, 0) is 68.5 Å².